The fraction of sp³-hybridized carbons (Fsp3) is 0.364. The van der Waals surface area contributed by atoms with Crippen LogP contribution in [0.15, 0.2) is 18.2 Å². The summed E-state index contributed by atoms with van der Waals surface area (Å²) in [5.41, 5.74) is 0.988. The minimum atomic E-state index is -0.806. The maximum atomic E-state index is 10.4. The highest BCUT2D eigenvalue weighted by molar-refractivity contribution is 7.99. The van der Waals surface area contributed by atoms with Gasteiger partial charge in [0.25, 0.3) is 0 Å². The smallest absolute Gasteiger partial charge is 0.313 e. The first-order valence-corrected chi connectivity index (χ1v) is 5.82. The monoisotopic (exact) mass is 242 g/mol. The van der Waals surface area contributed by atoms with Crippen LogP contribution in [0.5, 0.6) is 11.5 Å². The van der Waals surface area contributed by atoms with Crippen molar-refractivity contribution in [3.63, 3.8) is 0 Å². The van der Waals surface area contributed by atoms with E-state index in [-0.39, 0.29) is 5.75 Å². The van der Waals surface area contributed by atoms with E-state index in [2.05, 4.69) is 0 Å². The Balaban J connectivity index is 2.67. The van der Waals surface area contributed by atoms with Crippen LogP contribution in [0, 0.1) is 0 Å². The van der Waals surface area contributed by atoms with Crippen LogP contribution in [0.4, 0.5) is 0 Å². The highest BCUT2D eigenvalue weighted by Crippen LogP contribution is 2.25. The zero-order valence-electron chi connectivity index (χ0n) is 9.23. The van der Waals surface area contributed by atoms with Gasteiger partial charge in [-0.15, -0.1) is 11.8 Å². The minimum Gasteiger partial charge on any atom is -0.497 e. The predicted molar refractivity (Wildman–Crippen MR) is 63.3 cm³/mol. The van der Waals surface area contributed by atoms with Crippen molar-refractivity contribution in [3.05, 3.63) is 23.8 Å². The molecule has 16 heavy (non-hydrogen) atoms. The SMILES string of the molecule is COc1cc(CSCC(=O)O)cc(OC)c1. The molecule has 88 valence electrons. The average Bonchev–Trinajstić information content (AvgIpc) is 2.28. The number of ether oxygens (including phenoxy) is 2. The highest BCUT2D eigenvalue weighted by Gasteiger charge is 2.03. The Morgan fingerprint density at radius 3 is 2.25 bits per heavy atom. The molecule has 0 heterocycles. The van der Waals surface area contributed by atoms with E-state index in [0.717, 1.165) is 5.56 Å². The van der Waals surface area contributed by atoms with Crippen molar-refractivity contribution in [2.24, 2.45) is 0 Å². The van der Waals surface area contributed by atoms with Gasteiger partial charge in [0.1, 0.15) is 11.5 Å². The lowest BCUT2D eigenvalue weighted by Crippen LogP contribution is -1.98. The van der Waals surface area contributed by atoms with E-state index in [4.69, 9.17) is 14.6 Å². The first kappa shape index (κ1) is 12.7. The molecule has 0 atom stereocenters. The highest BCUT2D eigenvalue weighted by atomic mass is 32.2. The molecule has 0 aliphatic heterocycles. The third kappa shape index (κ3) is 4.02. The molecule has 1 N–H and O–H groups in total. The lowest BCUT2D eigenvalue weighted by Gasteiger charge is -2.07. The van der Waals surface area contributed by atoms with Gasteiger partial charge in [-0.1, -0.05) is 0 Å². The number of benzene rings is 1. The molecule has 0 fully saturated rings. The van der Waals surface area contributed by atoms with Crippen LogP contribution < -0.4 is 9.47 Å². The number of hydrogen-bond donors (Lipinski definition) is 1. The summed E-state index contributed by atoms with van der Waals surface area (Å²) in [7, 11) is 3.17. The summed E-state index contributed by atoms with van der Waals surface area (Å²) in [6.07, 6.45) is 0. The molecular formula is C11H14O4S. The molecule has 0 aromatic heterocycles. The van der Waals surface area contributed by atoms with Crippen molar-refractivity contribution in [1.82, 2.24) is 0 Å². The summed E-state index contributed by atoms with van der Waals surface area (Å²) in [6, 6.07) is 5.53. The Morgan fingerprint density at radius 1 is 1.25 bits per heavy atom. The Morgan fingerprint density at radius 2 is 1.81 bits per heavy atom. The zero-order chi connectivity index (χ0) is 12.0. The first-order chi connectivity index (χ1) is 7.65. The molecule has 0 spiro atoms. The van der Waals surface area contributed by atoms with Crippen molar-refractivity contribution >= 4 is 17.7 Å². The second-order valence-corrected chi connectivity index (χ2v) is 4.09. The average molecular weight is 242 g/mol. The Kier molecular flexibility index (Phi) is 4.98. The third-order valence-electron chi connectivity index (χ3n) is 1.91. The summed E-state index contributed by atoms with van der Waals surface area (Å²) in [5.74, 6) is 1.34. The second kappa shape index (κ2) is 6.27. The normalized spacial score (nSPS) is 9.88. The number of hydrogen-bond acceptors (Lipinski definition) is 4. The maximum absolute atomic E-state index is 10.4. The molecule has 5 heteroatoms. The fourth-order valence-electron chi connectivity index (χ4n) is 1.21. The lowest BCUT2D eigenvalue weighted by molar-refractivity contribution is -0.133. The third-order valence-corrected chi connectivity index (χ3v) is 2.89. The molecule has 0 saturated heterocycles. The number of thioether (sulfide) groups is 1. The Labute approximate surface area is 98.6 Å². The topological polar surface area (TPSA) is 55.8 Å². The van der Waals surface area contributed by atoms with Crippen molar-refractivity contribution in [1.29, 1.82) is 0 Å². The van der Waals surface area contributed by atoms with Crippen molar-refractivity contribution < 1.29 is 19.4 Å². The van der Waals surface area contributed by atoms with E-state index >= 15 is 0 Å². The quantitative estimate of drug-likeness (QED) is 0.827. The van der Waals surface area contributed by atoms with Gasteiger partial charge in [0.2, 0.25) is 0 Å². The molecule has 0 aliphatic carbocycles. The molecule has 0 bridgehead atoms. The molecule has 4 nitrogen and oxygen atoms in total. The van der Waals surface area contributed by atoms with Crippen LogP contribution in [-0.4, -0.2) is 31.0 Å². The van der Waals surface area contributed by atoms with Gasteiger partial charge in [-0.05, 0) is 17.7 Å². The molecule has 0 amide bonds. The summed E-state index contributed by atoms with van der Waals surface area (Å²) < 4.78 is 10.2. The largest absolute Gasteiger partial charge is 0.497 e. The molecule has 1 rings (SSSR count). The van der Waals surface area contributed by atoms with Crippen molar-refractivity contribution in [2.75, 3.05) is 20.0 Å². The van der Waals surface area contributed by atoms with E-state index < -0.39 is 5.97 Å². The van der Waals surface area contributed by atoms with E-state index in [1.165, 1.54) is 11.8 Å². The van der Waals surface area contributed by atoms with Gasteiger partial charge >= 0.3 is 5.97 Å². The molecular weight excluding hydrogens is 228 g/mol. The molecule has 0 saturated carbocycles. The molecule has 1 aromatic rings. The predicted octanol–water partition coefficient (Wildman–Crippen LogP) is 2.02. The van der Waals surface area contributed by atoms with Crippen LogP contribution in [0.25, 0.3) is 0 Å². The number of methoxy groups -OCH3 is 2. The Bertz CT molecular complexity index is 343. The van der Waals surface area contributed by atoms with Crippen molar-refractivity contribution in [2.45, 2.75) is 5.75 Å². The van der Waals surface area contributed by atoms with Gasteiger partial charge in [0.15, 0.2) is 0 Å². The van der Waals surface area contributed by atoms with Crippen LogP contribution in [-0.2, 0) is 10.5 Å². The van der Waals surface area contributed by atoms with Gasteiger partial charge in [0.05, 0.1) is 20.0 Å². The van der Waals surface area contributed by atoms with Gasteiger partial charge in [-0.25, -0.2) is 0 Å². The zero-order valence-corrected chi connectivity index (χ0v) is 10.0. The van der Waals surface area contributed by atoms with Gasteiger partial charge in [0, 0.05) is 11.8 Å². The Hall–Kier alpha value is -1.36. The number of aliphatic carboxylic acids is 1. The number of carboxylic acid groups (broad SMARTS) is 1. The standard InChI is InChI=1S/C11H14O4S/c1-14-9-3-8(4-10(5-9)15-2)6-16-7-11(12)13/h3-5H,6-7H2,1-2H3,(H,12,13). The van der Waals surface area contributed by atoms with Crippen molar-refractivity contribution in [3.8, 4) is 11.5 Å². The number of carbonyl (C=O) groups is 1. The van der Waals surface area contributed by atoms with E-state index in [1.54, 1.807) is 20.3 Å². The summed E-state index contributed by atoms with van der Waals surface area (Å²) in [6.45, 7) is 0. The van der Waals surface area contributed by atoms with Crippen LogP contribution in [0.1, 0.15) is 5.56 Å². The molecule has 0 aliphatic rings. The van der Waals surface area contributed by atoms with E-state index in [1.807, 2.05) is 12.1 Å². The second-order valence-electron chi connectivity index (χ2n) is 3.11. The summed E-state index contributed by atoms with van der Waals surface area (Å²) in [5, 5.41) is 8.52. The maximum Gasteiger partial charge on any atom is 0.313 e. The molecule has 1 aromatic carbocycles. The number of rotatable bonds is 6. The number of carboxylic acids is 1. The summed E-state index contributed by atoms with van der Waals surface area (Å²) in [4.78, 5) is 10.4. The minimum absolute atomic E-state index is 0.0968. The van der Waals surface area contributed by atoms with Crippen LogP contribution >= 0.6 is 11.8 Å². The molecule has 0 unspecified atom stereocenters. The van der Waals surface area contributed by atoms with E-state index in [9.17, 15) is 4.79 Å². The molecule has 0 radical (unpaired) electrons. The van der Waals surface area contributed by atoms with Gasteiger partial charge in [-0.3, -0.25) is 4.79 Å². The summed E-state index contributed by atoms with van der Waals surface area (Å²) >= 11 is 1.34. The first-order valence-electron chi connectivity index (χ1n) is 4.67. The fourth-order valence-corrected chi connectivity index (χ4v) is 1.88. The lowest BCUT2D eigenvalue weighted by atomic mass is 10.2. The van der Waals surface area contributed by atoms with Crippen LogP contribution in [0.3, 0.4) is 0 Å². The van der Waals surface area contributed by atoms with Gasteiger partial charge < -0.3 is 14.6 Å². The van der Waals surface area contributed by atoms with Gasteiger partial charge in [-0.2, -0.15) is 0 Å². The van der Waals surface area contributed by atoms with E-state index in [0.29, 0.717) is 17.3 Å². The van der Waals surface area contributed by atoms with Crippen LogP contribution in [0.2, 0.25) is 0 Å².